The van der Waals surface area contributed by atoms with Crippen molar-refractivity contribution < 1.29 is 46.8 Å². The van der Waals surface area contributed by atoms with Crippen molar-refractivity contribution in [2.75, 3.05) is 26.9 Å². The molecular formula is C30H33F3N2O7. The number of ether oxygens (including phenoxy) is 4. The highest BCUT2D eigenvalue weighted by Crippen LogP contribution is 2.29. The molecule has 0 radical (unpaired) electrons. The van der Waals surface area contributed by atoms with Gasteiger partial charge in [0, 0.05) is 31.2 Å². The number of carbonyl (C=O) groups excluding carboxylic acids is 2. The molecule has 1 fully saturated rings. The Hall–Kier alpha value is -3.90. The molecule has 12 heteroatoms. The van der Waals surface area contributed by atoms with Crippen LogP contribution in [-0.2, 0) is 25.4 Å². The van der Waals surface area contributed by atoms with Crippen molar-refractivity contribution in [3.8, 4) is 11.5 Å². The maximum Gasteiger partial charge on any atom is 0.389 e. The molecule has 0 spiro atoms. The minimum Gasteiger partial charge on any atom is -0.503 e. The summed E-state index contributed by atoms with van der Waals surface area (Å²) in [7, 11) is 1.32. The van der Waals surface area contributed by atoms with Crippen molar-refractivity contribution in [1.82, 2.24) is 10.3 Å². The van der Waals surface area contributed by atoms with Crippen LogP contribution in [0.1, 0.15) is 35.8 Å². The molecule has 1 saturated heterocycles. The first kappa shape index (κ1) is 31.0. The van der Waals surface area contributed by atoms with Crippen LogP contribution in [0.4, 0.5) is 13.2 Å². The highest BCUT2D eigenvalue weighted by atomic mass is 19.4. The molecule has 226 valence electrons. The lowest BCUT2D eigenvalue weighted by Gasteiger charge is -2.31. The first-order valence-electron chi connectivity index (χ1n) is 13.5. The van der Waals surface area contributed by atoms with Gasteiger partial charge >= 0.3 is 12.1 Å². The number of benzene rings is 2. The Morgan fingerprint density at radius 3 is 2.67 bits per heavy atom. The van der Waals surface area contributed by atoms with Crippen LogP contribution in [-0.4, -0.2) is 73.3 Å². The number of aromatic hydroxyl groups is 1. The summed E-state index contributed by atoms with van der Waals surface area (Å²) in [4.78, 5) is 29.9. The molecule has 0 saturated carbocycles. The van der Waals surface area contributed by atoms with E-state index < -0.39 is 54.4 Å². The van der Waals surface area contributed by atoms with E-state index >= 15 is 0 Å². The lowest BCUT2D eigenvalue weighted by molar-refractivity contribution is -0.161. The van der Waals surface area contributed by atoms with Crippen LogP contribution < -0.4 is 10.1 Å². The lowest BCUT2D eigenvalue weighted by atomic mass is 9.89. The molecule has 1 aliphatic rings. The maximum atomic E-state index is 13.1. The van der Waals surface area contributed by atoms with E-state index in [0.29, 0.717) is 6.42 Å². The SMILES string of the molecule is COc1ccnc(C(=O)N[C@H]2COC[C@H](Cc3cccc4ccccc34)[C@@H](OCCCC(F)(F)F)[C@H](C)OC2=O)c1O. The minimum absolute atomic E-state index is 0.0267. The summed E-state index contributed by atoms with van der Waals surface area (Å²) in [5.74, 6) is -2.54. The normalized spacial score (nSPS) is 21.6. The largest absolute Gasteiger partial charge is 0.503 e. The average Bonchev–Trinajstić information content (AvgIpc) is 3.00. The number of rotatable bonds is 9. The number of hydrogen-bond donors (Lipinski definition) is 2. The Morgan fingerprint density at radius 1 is 1.14 bits per heavy atom. The fraction of sp³-hybridized carbons (Fsp3) is 0.433. The Labute approximate surface area is 240 Å². The zero-order valence-electron chi connectivity index (χ0n) is 23.2. The van der Waals surface area contributed by atoms with Gasteiger partial charge in [0.1, 0.15) is 6.10 Å². The van der Waals surface area contributed by atoms with Crippen molar-refractivity contribution in [2.45, 2.75) is 50.6 Å². The quantitative estimate of drug-likeness (QED) is 0.275. The third-order valence-electron chi connectivity index (χ3n) is 7.03. The zero-order chi connectivity index (χ0) is 30.3. The van der Waals surface area contributed by atoms with Gasteiger partial charge in [-0.1, -0.05) is 42.5 Å². The van der Waals surface area contributed by atoms with Gasteiger partial charge < -0.3 is 29.4 Å². The number of fused-ring (bicyclic) bond motifs is 1. The number of methoxy groups -OCH3 is 1. The number of alkyl halides is 3. The standard InChI is InChI=1S/C30H33F3N2O7/c1-18-27(41-14-6-12-30(31,32)33)21(15-20-9-5-8-19-7-3-4-10-22(19)20)16-40-17-23(29(38)42-18)35-28(37)25-26(36)24(39-2)11-13-34-25/h3-5,7-11,13,18,21,23,27,36H,6,12,14-17H2,1-2H3,(H,35,37)/t18-,21-,23-,27-/m0/s1. The summed E-state index contributed by atoms with van der Waals surface area (Å²) < 4.78 is 60.8. The number of hydrogen-bond acceptors (Lipinski definition) is 8. The van der Waals surface area contributed by atoms with Gasteiger partial charge in [0.2, 0.25) is 0 Å². The van der Waals surface area contributed by atoms with E-state index in [9.17, 15) is 27.9 Å². The molecule has 1 aromatic heterocycles. The number of amides is 1. The molecule has 2 aromatic carbocycles. The fourth-order valence-electron chi connectivity index (χ4n) is 5.00. The predicted molar refractivity (Wildman–Crippen MR) is 146 cm³/mol. The van der Waals surface area contributed by atoms with Crippen LogP contribution in [0.5, 0.6) is 11.5 Å². The molecule has 0 unspecified atom stereocenters. The lowest BCUT2D eigenvalue weighted by Crippen LogP contribution is -2.46. The minimum atomic E-state index is -4.32. The van der Waals surface area contributed by atoms with Crippen LogP contribution in [0.15, 0.2) is 54.7 Å². The Kier molecular flexibility index (Phi) is 10.2. The molecule has 1 amide bonds. The Bertz CT molecular complexity index is 1380. The van der Waals surface area contributed by atoms with Gasteiger partial charge in [0.15, 0.2) is 23.2 Å². The summed E-state index contributed by atoms with van der Waals surface area (Å²) in [6.07, 6.45) is -5.54. The number of cyclic esters (lactones) is 1. The summed E-state index contributed by atoms with van der Waals surface area (Å²) in [5.41, 5.74) is 0.627. The molecule has 0 aliphatic carbocycles. The molecule has 4 rings (SSSR count). The smallest absolute Gasteiger partial charge is 0.389 e. The third kappa shape index (κ3) is 7.89. The van der Waals surface area contributed by atoms with Gasteiger partial charge in [-0.15, -0.1) is 0 Å². The van der Waals surface area contributed by atoms with Crippen molar-refractivity contribution in [2.24, 2.45) is 5.92 Å². The summed E-state index contributed by atoms with van der Waals surface area (Å²) in [5, 5.41) is 14.8. The topological polar surface area (TPSA) is 116 Å². The zero-order valence-corrected chi connectivity index (χ0v) is 23.2. The van der Waals surface area contributed by atoms with Crippen LogP contribution in [0.3, 0.4) is 0 Å². The van der Waals surface area contributed by atoms with Crippen LogP contribution in [0.2, 0.25) is 0 Å². The average molecular weight is 591 g/mol. The van der Waals surface area contributed by atoms with E-state index in [2.05, 4.69) is 10.3 Å². The maximum absolute atomic E-state index is 13.1. The highest BCUT2D eigenvalue weighted by Gasteiger charge is 2.36. The van der Waals surface area contributed by atoms with E-state index in [4.69, 9.17) is 18.9 Å². The number of esters is 1. The number of nitrogens with one attached hydrogen (secondary N) is 1. The monoisotopic (exact) mass is 590 g/mol. The highest BCUT2D eigenvalue weighted by molar-refractivity contribution is 5.98. The molecular weight excluding hydrogens is 557 g/mol. The molecule has 3 aromatic rings. The van der Waals surface area contributed by atoms with Crippen molar-refractivity contribution in [3.05, 3.63) is 66.0 Å². The van der Waals surface area contributed by atoms with E-state index in [1.165, 1.54) is 19.4 Å². The van der Waals surface area contributed by atoms with Crippen molar-refractivity contribution in [1.29, 1.82) is 0 Å². The molecule has 1 aliphatic heterocycles. The molecule has 2 heterocycles. The molecule has 9 nitrogen and oxygen atoms in total. The summed E-state index contributed by atoms with van der Waals surface area (Å²) in [6.45, 7) is 1.22. The van der Waals surface area contributed by atoms with Crippen molar-refractivity contribution >= 4 is 22.6 Å². The summed E-state index contributed by atoms with van der Waals surface area (Å²) >= 11 is 0. The molecule has 0 bridgehead atoms. The van der Waals surface area contributed by atoms with E-state index in [1.807, 2.05) is 42.5 Å². The Morgan fingerprint density at radius 2 is 1.90 bits per heavy atom. The summed E-state index contributed by atoms with van der Waals surface area (Å²) in [6, 6.07) is 13.8. The van der Waals surface area contributed by atoms with Gasteiger partial charge in [-0.25, -0.2) is 9.78 Å². The molecule has 2 N–H and O–H groups in total. The van der Waals surface area contributed by atoms with Crippen molar-refractivity contribution in [3.63, 3.8) is 0 Å². The number of aromatic nitrogens is 1. The Balaban J connectivity index is 1.55. The molecule has 42 heavy (non-hydrogen) atoms. The number of nitrogens with zero attached hydrogens (tertiary/aromatic N) is 1. The van der Waals surface area contributed by atoms with Gasteiger partial charge in [-0.05, 0) is 36.1 Å². The van der Waals surface area contributed by atoms with Gasteiger partial charge in [0.05, 0.1) is 26.4 Å². The van der Waals surface area contributed by atoms with Crippen LogP contribution in [0.25, 0.3) is 10.8 Å². The molecule has 4 atom stereocenters. The van der Waals surface area contributed by atoms with E-state index in [0.717, 1.165) is 16.3 Å². The second kappa shape index (κ2) is 13.8. The first-order chi connectivity index (χ1) is 20.1. The second-order valence-electron chi connectivity index (χ2n) is 10.1. The van der Waals surface area contributed by atoms with Gasteiger partial charge in [-0.3, -0.25) is 4.79 Å². The number of halogens is 3. The number of pyridine rings is 1. The predicted octanol–water partition coefficient (Wildman–Crippen LogP) is 4.60. The fourth-order valence-corrected chi connectivity index (χ4v) is 5.00. The third-order valence-corrected chi connectivity index (χ3v) is 7.03. The van der Waals surface area contributed by atoms with Crippen LogP contribution in [0, 0.1) is 5.92 Å². The van der Waals surface area contributed by atoms with E-state index in [1.54, 1.807) is 6.92 Å². The van der Waals surface area contributed by atoms with E-state index in [-0.39, 0.29) is 37.7 Å². The number of carbonyl (C=O) groups is 2. The van der Waals surface area contributed by atoms with Gasteiger partial charge in [0.25, 0.3) is 5.91 Å². The first-order valence-corrected chi connectivity index (χ1v) is 13.5. The van der Waals surface area contributed by atoms with Gasteiger partial charge in [-0.2, -0.15) is 13.2 Å². The van der Waals surface area contributed by atoms with Crippen LogP contribution >= 0.6 is 0 Å². The second-order valence-corrected chi connectivity index (χ2v) is 10.1.